The Labute approximate surface area is 123 Å². The van der Waals surface area contributed by atoms with E-state index < -0.39 is 0 Å². The first-order valence-corrected chi connectivity index (χ1v) is 7.16. The van der Waals surface area contributed by atoms with Crippen LogP contribution in [-0.4, -0.2) is 23.2 Å². The number of aromatic amines is 1. The predicted octanol–water partition coefficient (Wildman–Crippen LogP) is 4.03. The Kier molecular flexibility index (Phi) is 3.77. The van der Waals surface area contributed by atoms with Crippen molar-refractivity contribution in [1.82, 2.24) is 9.97 Å². The van der Waals surface area contributed by atoms with Gasteiger partial charge in [-0.15, -0.1) is 0 Å². The van der Waals surface area contributed by atoms with Gasteiger partial charge >= 0.3 is 0 Å². The quantitative estimate of drug-likeness (QED) is 0.768. The fourth-order valence-corrected chi connectivity index (χ4v) is 2.31. The Morgan fingerprint density at radius 2 is 1.81 bits per heavy atom. The fraction of sp³-hybridized carbons (Fsp3) is 0.235. The van der Waals surface area contributed by atoms with Crippen molar-refractivity contribution in [2.45, 2.75) is 13.8 Å². The molecular formula is C17H18N2O2. The smallest absolute Gasteiger partial charge is 0.142 e. The van der Waals surface area contributed by atoms with Crippen molar-refractivity contribution in [3.8, 4) is 22.9 Å². The van der Waals surface area contributed by atoms with Gasteiger partial charge in [0.1, 0.15) is 17.3 Å². The number of imidazole rings is 1. The molecular weight excluding hydrogens is 264 g/mol. The van der Waals surface area contributed by atoms with Gasteiger partial charge in [-0.2, -0.15) is 0 Å². The lowest BCUT2D eigenvalue weighted by Gasteiger charge is -2.11. The Bertz CT molecular complexity index is 716. The Morgan fingerprint density at radius 1 is 1.00 bits per heavy atom. The monoisotopic (exact) mass is 282 g/mol. The molecule has 0 unspecified atom stereocenters. The van der Waals surface area contributed by atoms with Gasteiger partial charge in [0.2, 0.25) is 0 Å². The molecule has 108 valence electrons. The SMILES string of the molecule is CCOc1ccc(-c2nc3ccccc3[nH]2)c(OCC)c1. The molecule has 0 saturated carbocycles. The number of ether oxygens (including phenoxy) is 2. The van der Waals surface area contributed by atoms with Crippen molar-refractivity contribution >= 4 is 11.0 Å². The molecule has 0 amide bonds. The lowest BCUT2D eigenvalue weighted by atomic mass is 10.2. The summed E-state index contributed by atoms with van der Waals surface area (Å²) in [6.45, 7) is 5.17. The summed E-state index contributed by atoms with van der Waals surface area (Å²) in [7, 11) is 0. The lowest BCUT2D eigenvalue weighted by Crippen LogP contribution is -1.97. The van der Waals surface area contributed by atoms with E-state index in [-0.39, 0.29) is 0 Å². The van der Waals surface area contributed by atoms with E-state index in [1.807, 2.05) is 56.3 Å². The number of hydrogen-bond donors (Lipinski definition) is 1. The molecule has 1 heterocycles. The molecule has 1 N–H and O–H groups in total. The molecule has 0 fully saturated rings. The first-order valence-electron chi connectivity index (χ1n) is 7.16. The van der Waals surface area contributed by atoms with Gasteiger partial charge in [0.05, 0.1) is 29.8 Å². The molecule has 0 aliphatic carbocycles. The third kappa shape index (κ3) is 2.70. The zero-order valence-electron chi connectivity index (χ0n) is 12.2. The second-order valence-electron chi connectivity index (χ2n) is 4.63. The molecule has 4 heteroatoms. The first-order chi connectivity index (χ1) is 10.3. The van der Waals surface area contributed by atoms with Gasteiger partial charge in [-0.3, -0.25) is 0 Å². The minimum atomic E-state index is 0.600. The maximum absolute atomic E-state index is 5.73. The van der Waals surface area contributed by atoms with Crippen molar-refractivity contribution in [3.05, 3.63) is 42.5 Å². The summed E-state index contributed by atoms with van der Waals surface area (Å²) in [6, 6.07) is 13.8. The van der Waals surface area contributed by atoms with E-state index >= 15 is 0 Å². The number of aromatic nitrogens is 2. The predicted molar refractivity (Wildman–Crippen MR) is 83.9 cm³/mol. The molecule has 21 heavy (non-hydrogen) atoms. The molecule has 0 atom stereocenters. The van der Waals surface area contributed by atoms with Crippen molar-refractivity contribution < 1.29 is 9.47 Å². The van der Waals surface area contributed by atoms with E-state index in [9.17, 15) is 0 Å². The van der Waals surface area contributed by atoms with Crippen molar-refractivity contribution in [2.75, 3.05) is 13.2 Å². The van der Waals surface area contributed by atoms with Crippen LogP contribution in [0.1, 0.15) is 13.8 Å². The normalized spacial score (nSPS) is 10.8. The minimum Gasteiger partial charge on any atom is -0.494 e. The summed E-state index contributed by atoms with van der Waals surface area (Å²) in [5, 5.41) is 0. The minimum absolute atomic E-state index is 0.600. The number of nitrogens with zero attached hydrogens (tertiary/aromatic N) is 1. The number of hydrogen-bond acceptors (Lipinski definition) is 3. The molecule has 0 spiro atoms. The lowest BCUT2D eigenvalue weighted by molar-refractivity contribution is 0.324. The number of para-hydroxylation sites is 2. The van der Waals surface area contributed by atoms with E-state index in [1.54, 1.807) is 0 Å². The summed E-state index contributed by atoms with van der Waals surface area (Å²) >= 11 is 0. The van der Waals surface area contributed by atoms with E-state index in [4.69, 9.17) is 9.47 Å². The molecule has 2 aromatic carbocycles. The summed E-state index contributed by atoms with van der Waals surface area (Å²) in [6.07, 6.45) is 0. The van der Waals surface area contributed by atoms with E-state index in [0.717, 1.165) is 33.9 Å². The third-order valence-corrected chi connectivity index (χ3v) is 3.21. The third-order valence-electron chi connectivity index (χ3n) is 3.21. The van der Waals surface area contributed by atoms with Crippen molar-refractivity contribution in [2.24, 2.45) is 0 Å². The van der Waals surface area contributed by atoms with Gasteiger partial charge in [-0.05, 0) is 38.1 Å². The zero-order chi connectivity index (χ0) is 14.7. The number of H-pyrrole nitrogens is 1. The van der Waals surface area contributed by atoms with Gasteiger partial charge in [0.25, 0.3) is 0 Å². The topological polar surface area (TPSA) is 47.1 Å². The van der Waals surface area contributed by atoms with Gasteiger partial charge in [-0.25, -0.2) is 4.98 Å². The van der Waals surface area contributed by atoms with Gasteiger partial charge in [0.15, 0.2) is 0 Å². The highest BCUT2D eigenvalue weighted by atomic mass is 16.5. The van der Waals surface area contributed by atoms with Crippen LogP contribution in [0.5, 0.6) is 11.5 Å². The highest BCUT2D eigenvalue weighted by Crippen LogP contribution is 2.33. The molecule has 0 saturated heterocycles. The average Bonchev–Trinajstić information content (AvgIpc) is 2.92. The average molecular weight is 282 g/mol. The number of fused-ring (bicyclic) bond motifs is 1. The fourth-order valence-electron chi connectivity index (χ4n) is 2.31. The van der Waals surface area contributed by atoms with Crippen LogP contribution in [0.2, 0.25) is 0 Å². The van der Waals surface area contributed by atoms with Crippen LogP contribution in [0, 0.1) is 0 Å². The summed E-state index contributed by atoms with van der Waals surface area (Å²) in [5.41, 5.74) is 2.91. The molecule has 0 radical (unpaired) electrons. The summed E-state index contributed by atoms with van der Waals surface area (Å²) < 4.78 is 11.3. The maximum atomic E-state index is 5.73. The number of nitrogens with one attached hydrogen (secondary N) is 1. The zero-order valence-corrected chi connectivity index (χ0v) is 12.2. The Hall–Kier alpha value is -2.49. The van der Waals surface area contributed by atoms with Crippen molar-refractivity contribution in [3.63, 3.8) is 0 Å². The summed E-state index contributed by atoms with van der Waals surface area (Å²) in [4.78, 5) is 7.96. The van der Waals surface area contributed by atoms with Gasteiger partial charge < -0.3 is 14.5 Å². The molecule has 0 bridgehead atoms. The van der Waals surface area contributed by atoms with Crippen LogP contribution in [0.15, 0.2) is 42.5 Å². The van der Waals surface area contributed by atoms with E-state index in [0.29, 0.717) is 13.2 Å². The molecule has 1 aromatic heterocycles. The second kappa shape index (κ2) is 5.87. The number of rotatable bonds is 5. The molecule has 3 aromatic rings. The standard InChI is InChI=1S/C17H18N2O2/c1-3-20-12-9-10-13(16(11-12)21-4-2)17-18-14-7-5-6-8-15(14)19-17/h5-11H,3-4H2,1-2H3,(H,18,19). The van der Waals surface area contributed by atoms with Gasteiger partial charge in [0, 0.05) is 6.07 Å². The van der Waals surface area contributed by atoms with E-state index in [1.165, 1.54) is 0 Å². The second-order valence-corrected chi connectivity index (χ2v) is 4.63. The highest BCUT2D eigenvalue weighted by molar-refractivity contribution is 5.80. The van der Waals surface area contributed by atoms with Crippen LogP contribution >= 0.6 is 0 Å². The number of benzene rings is 2. The molecule has 0 aliphatic heterocycles. The Morgan fingerprint density at radius 3 is 2.57 bits per heavy atom. The molecule has 3 rings (SSSR count). The highest BCUT2D eigenvalue weighted by Gasteiger charge is 2.12. The van der Waals surface area contributed by atoms with Crippen LogP contribution in [0.25, 0.3) is 22.4 Å². The first kappa shape index (κ1) is 13.5. The van der Waals surface area contributed by atoms with Crippen LogP contribution in [-0.2, 0) is 0 Å². The van der Waals surface area contributed by atoms with E-state index in [2.05, 4.69) is 9.97 Å². The largest absolute Gasteiger partial charge is 0.494 e. The van der Waals surface area contributed by atoms with Crippen molar-refractivity contribution in [1.29, 1.82) is 0 Å². The van der Waals surface area contributed by atoms with Crippen LogP contribution in [0.3, 0.4) is 0 Å². The molecule has 4 nitrogen and oxygen atoms in total. The molecule has 0 aliphatic rings. The maximum Gasteiger partial charge on any atom is 0.142 e. The Balaban J connectivity index is 2.07. The van der Waals surface area contributed by atoms with Crippen LogP contribution in [0.4, 0.5) is 0 Å². The summed E-state index contributed by atoms with van der Waals surface area (Å²) in [5.74, 6) is 2.39. The van der Waals surface area contributed by atoms with Crippen LogP contribution < -0.4 is 9.47 Å². The van der Waals surface area contributed by atoms with Gasteiger partial charge in [-0.1, -0.05) is 12.1 Å².